The normalized spacial score (nSPS) is 10.7. The molecule has 3 rings (SSSR count). The van der Waals surface area contributed by atoms with Crippen molar-refractivity contribution in [3.8, 4) is 10.8 Å². The molecule has 0 aliphatic rings. The number of anilines is 1. The fourth-order valence-corrected chi connectivity index (χ4v) is 3.88. The molecule has 8 heteroatoms. The topological polar surface area (TPSA) is 84.2 Å². The van der Waals surface area contributed by atoms with Gasteiger partial charge in [0.2, 0.25) is 5.91 Å². The summed E-state index contributed by atoms with van der Waals surface area (Å²) in [5, 5.41) is 6.31. The average Bonchev–Trinajstić information content (AvgIpc) is 3.24. The Morgan fingerprint density at radius 1 is 1.18 bits per heavy atom. The van der Waals surface area contributed by atoms with Crippen LogP contribution < -0.4 is 10.6 Å². The summed E-state index contributed by atoms with van der Waals surface area (Å²) in [6.45, 7) is 5.81. The molecule has 6 nitrogen and oxygen atoms in total. The third-order valence-electron chi connectivity index (χ3n) is 4.07. The highest BCUT2D eigenvalue weighted by Crippen LogP contribution is 2.29. The summed E-state index contributed by atoms with van der Waals surface area (Å²) in [6.07, 6.45) is 0.180. The van der Waals surface area contributed by atoms with Crippen LogP contribution in [0.1, 0.15) is 33.1 Å². The zero-order valence-corrected chi connectivity index (χ0v) is 18.2. The predicted molar refractivity (Wildman–Crippen MR) is 114 cm³/mol. The van der Waals surface area contributed by atoms with Gasteiger partial charge in [0, 0.05) is 23.1 Å². The number of furan rings is 1. The van der Waals surface area contributed by atoms with Gasteiger partial charge in [0.05, 0.1) is 5.69 Å². The van der Waals surface area contributed by atoms with E-state index >= 15 is 0 Å². The first kappa shape index (κ1) is 20.3. The van der Waals surface area contributed by atoms with Crippen molar-refractivity contribution >= 4 is 44.8 Å². The van der Waals surface area contributed by atoms with Gasteiger partial charge in [-0.1, -0.05) is 22.0 Å². The van der Waals surface area contributed by atoms with Crippen molar-refractivity contribution in [3.05, 3.63) is 56.7 Å². The van der Waals surface area contributed by atoms with Crippen LogP contribution in [0.25, 0.3) is 10.8 Å². The Morgan fingerprint density at radius 2 is 1.96 bits per heavy atom. The van der Waals surface area contributed by atoms with E-state index in [9.17, 15) is 9.59 Å². The van der Waals surface area contributed by atoms with E-state index < -0.39 is 0 Å². The quantitative estimate of drug-likeness (QED) is 0.549. The molecule has 146 valence electrons. The molecule has 1 aromatic carbocycles. The smallest absolute Gasteiger partial charge is 0.263 e. The van der Waals surface area contributed by atoms with E-state index in [-0.39, 0.29) is 24.8 Å². The van der Waals surface area contributed by atoms with E-state index in [2.05, 4.69) is 31.5 Å². The Hall–Kier alpha value is -2.45. The summed E-state index contributed by atoms with van der Waals surface area (Å²) >= 11 is 4.67. The highest BCUT2D eigenvalue weighted by atomic mass is 79.9. The number of thiazole rings is 1. The molecule has 0 radical (unpaired) electrons. The van der Waals surface area contributed by atoms with Crippen LogP contribution in [0.15, 0.2) is 39.2 Å². The van der Waals surface area contributed by atoms with E-state index in [1.165, 1.54) is 11.3 Å². The van der Waals surface area contributed by atoms with E-state index in [4.69, 9.17) is 4.42 Å². The van der Waals surface area contributed by atoms with Gasteiger partial charge in [-0.3, -0.25) is 9.59 Å². The molecule has 2 heterocycles. The number of carbonyl (C=O) groups excluding carboxylic acids is 2. The number of amides is 2. The first-order chi connectivity index (χ1) is 13.3. The van der Waals surface area contributed by atoms with Gasteiger partial charge in [0.15, 0.2) is 10.8 Å². The number of hydrogen-bond donors (Lipinski definition) is 2. The number of aryl methyl sites for hydroxylation is 3. The minimum absolute atomic E-state index is 0.158. The number of hydrogen-bond acceptors (Lipinski definition) is 5. The third-order valence-corrected chi connectivity index (χ3v) is 5.73. The fraction of sp³-hybridized carbons (Fsp3) is 0.250. The molecule has 28 heavy (non-hydrogen) atoms. The van der Waals surface area contributed by atoms with Gasteiger partial charge in [-0.25, -0.2) is 4.98 Å². The second-order valence-electron chi connectivity index (χ2n) is 6.36. The summed E-state index contributed by atoms with van der Waals surface area (Å²) in [5.41, 5.74) is 2.37. The van der Waals surface area contributed by atoms with Crippen LogP contribution in [-0.4, -0.2) is 23.3 Å². The second-order valence-corrected chi connectivity index (χ2v) is 8.27. The predicted octanol–water partition coefficient (Wildman–Crippen LogP) is 4.85. The number of rotatable bonds is 6. The van der Waals surface area contributed by atoms with Crippen molar-refractivity contribution in [2.75, 3.05) is 11.9 Å². The lowest BCUT2D eigenvalue weighted by Gasteiger charge is -2.09. The van der Waals surface area contributed by atoms with Crippen molar-refractivity contribution in [1.82, 2.24) is 10.3 Å². The molecule has 0 aliphatic heterocycles. The number of halogens is 1. The molecule has 2 N–H and O–H groups in total. The van der Waals surface area contributed by atoms with Gasteiger partial charge in [-0.05, 0) is 50.6 Å². The lowest BCUT2D eigenvalue weighted by atomic mass is 10.2. The van der Waals surface area contributed by atoms with Crippen LogP contribution in [0.5, 0.6) is 0 Å². The molecule has 0 bridgehead atoms. The number of benzene rings is 1. The Kier molecular flexibility index (Phi) is 6.31. The van der Waals surface area contributed by atoms with Gasteiger partial charge in [0.25, 0.3) is 5.91 Å². The number of nitrogens with zero attached hydrogens (tertiary/aromatic N) is 1. The highest BCUT2D eigenvalue weighted by molar-refractivity contribution is 9.10. The zero-order valence-electron chi connectivity index (χ0n) is 15.8. The molecule has 0 fully saturated rings. The minimum atomic E-state index is -0.240. The molecule has 0 saturated heterocycles. The number of carbonyl (C=O) groups is 2. The van der Waals surface area contributed by atoms with Crippen molar-refractivity contribution in [2.45, 2.75) is 27.2 Å². The van der Waals surface area contributed by atoms with Crippen molar-refractivity contribution in [2.24, 2.45) is 0 Å². The Morgan fingerprint density at radius 3 is 2.68 bits per heavy atom. The van der Waals surface area contributed by atoms with Gasteiger partial charge in [-0.15, -0.1) is 11.3 Å². The second kappa shape index (κ2) is 8.70. The average molecular weight is 462 g/mol. The van der Waals surface area contributed by atoms with Crippen molar-refractivity contribution in [1.29, 1.82) is 0 Å². The summed E-state index contributed by atoms with van der Waals surface area (Å²) in [7, 11) is 0. The molecule has 3 aromatic rings. The molecule has 0 atom stereocenters. The first-order valence-electron chi connectivity index (χ1n) is 8.72. The monoisotopic (exact) mass is 461 g/mol. The molecule has 0 spiro atoms. The Labute approximate surface area is 175 Å². The highest BCUT2D eigenvalue weighted by Gasteiger charge is 2.18. The van der Waals surface area contributed by atoms with Crippen LogP contribution in [0.4, 0.5) is 5.69 Å². The van der Waals surface area contributed by atoms with Crippen LogP contribution in [0.3, 0.4) is 0 Å². The third kappa shape index (κ3) is 4.88. The zero-order chi connectivity index (χ0) is 20.3. The maximum atomic E-state index is 12.4. The van der Waals surface area contributed by atoms with E-state index in [1.807, 2.05) is 44.2 Å². The number of nitrogens with one attached hydrogen (secondary N) is 2. The number of aromatic nitrogens is 1. The Bertz CT molecular complexity index is 1030. The maximum Gasteiger partial charge on any atom is 0.263 e. The molecular weight excluding hydrogens is 442 g/mol. The van der Waals surface area contributed by atoms with Gasteiger partial charge >= 0.3 is 0 Å². The van der Waals surface area contributed by atoms with Gasteiger partial charge < -0.3 is 15.1 Å². The first-order valence-corrected chi connectivity index (χ1v) is 10.3. The van der Waals surface area contributed by atoms with Crippen molar-refractivity contribution < 1.29 is 14.0 Å². The summed E-state index contributed by atoms with van der Waals surface area (Å²) < 4.78 is 6.46. The largest absolute Gasteiger partial charge is 0.459 e. The fourth-order valence-electron chi connectivity index (χ4n) is 2.57. The van der Waals surface area contributed by atoms with E-state index in [0.29, 0.717) is 21.3 Å². The molecule has 0 unspecified atom stereocenters. The Balaban J connectivity index is 1.55. The molecular formula is C20H20BrN3O3S. The van der Waals surface area contributed by atoms with E-state index in [1.54, 1.807) is 6.92 Å². The minimum Gasteiger partial charge on any atom is -0.459 e. The van der Waals surface area contributed by atoms with Crippen LogP contribution in [0, 0.1) is 20.8 Å². The lowest BCUT2D eigenvalue weighted by Crippen LogP contribution is -2.27. The standard InChI is InChI=1S/C20H20BrN3O3S/c1-11-4-6-14(21)10-15(11)24-17(25)8-9-22-19(26)18-13(3)23-20(28-18)16-7-5-12(2)27-16/h4-7,10H,8-9H2,1-3H3,(H,22,26)(H,24,25). The lowest BCUT2D eigenvalue weighted by molar-refractivity contribution is -0.116. The van der Waals surface area contributed by atoms with Crippen LogP contribution >= 0.6 is 27.3 Å². The molecule has 2 aromatic heterocycles. The summed E-state index contributed by atoms with van der Waals surface area (Å²) in [4.78, 5) is 29.5. The van der Waals surface area contributed by atoms with Gasteiger partial charge in [0.1, 0.15) is 10.6 Å². The molecule has 2 amide bonds. The van der Waals surface area contributed by atoms with Crippen molar-refractivity contribution in [3.63, 3.8) is 0 Å². The maximum absolute atomic E-state index is 12.4. The SMILES string of the molecule is Cc1ccc(-c2nc(C)c(C(=O)NCCC(=O)Nc3cc(Br)ccc3C)s2)o1. The summed E-state index contributed by atoms with van der Waals surface area (Å²) in [5.74, 6) is 1.04. The van der Waals surface area contributed by atoms with Gasteiger partial charge in [-0.2, -0.15) is 0 Å². The van der Waals surface area contributed by atoms with Crippen LogP contribution in [-0.2, 0) is 4.79 Å². The van der Waals surface area contributed by atoms with Crippen LogP contribution in [0.2, 0.25) is 0 Å². The molecule has 0 aliphatic carbocycles. The van der Waals surface area contributed by atoms with E-state index in [0.717, 1.165) is 21.5 Å². The summed E-state index contributed by atoms with van der Waals surface area (Å²) in [6, 6.07) is 9.39. The molecule has 0 saturated carbocycles.